The number of methoxy groups -OCH3 is 1. The summed E-state index contributed by atoms with van der Waals surface area (Å²) in [5.41, 5.74) is -0.00577. The normalized spacial score (nSPS) is 11.9. The molecular weight excluding hydrogens is 334 g/mol. The second-order valence-corrected chi connectivity index (χ2v) is 5.91. The van der Waals surface area contributed by atoms with E-state index in [0.29, 0.717) is 11.1 Å². The van der Waals surface area contributed by atoms with Crippen LogP contribution in [0.1, 0.15) is 18.5 Å². The summed E-state index contributed by atoms with van der Waals surface area (Å²) in [7, 11) is 1.56. The molecule has 0 saturated heterocycles. The first-order valence-corrected chi connectivity index (χ1v) is 8.15. The van der Waals surface area contributed by atoms with Gasteiger partial charge in [-0.15, -0.1) is 0 Å². The molecule has 2 aromatic carbocycles. The predicted octanol–water partition coefficient (Wildman–Crippen LogP) is 1.58. The molecule has 134 valence electrons. The van der Waals surface area contributed by atoms with Crippen LogP contribution in [-0.4, -0.2) is 22.8 Å². The molecule has 1 atom stereocenters. The second kappa shape index (κ2) is 7.26. The molecular formula is C19H19N3O4. The Kier molecular flexibility index (Phi) is 4.88. The Hall–Kier alpha value is -3.35. The number of hydrogen-bond donors (Lipinski definition) is 2. The summed E-state index contributed by atoms with van der Waals surface area (Å²) < 4.78 is 6.32. The third-order valence-corrected chi connectivity index (χ3v) is 4.17. The molecule has 7 heteroatoms. The maximum atomic E-state index is 12.5. The molecule has 0 spiro atoms. The van der Waals surface area contributed by atoms with Crippen molar-refractivity contribution in [2.45, 2.75) is 19.5 Å². The molecule has 3 rings (SSSR count). The fourth-order valence-corrected chi connectivity index (χ4v) is 2.89. The van der Waals surface area contributed by atoms with E-state index in [1.807, 2.05) is 31.2 Å². The summed E-state index contributed by atoms with van der Waals surface area (Å²) in [6, 6.07) is 13.5. The number of para-hydroxylation sites is 1. The number of hydrogen-bond acceptors (Lipinski definition) is 4. The lowest BCUT2D eigenvalue weighted by Crippen LogP contribution is -2.37. The van der Waals surface area contributed by atoms with E-state index in [1.165, 1.54) is 0 Å². The van der Waals surface area contributed by atoms with Crippen LogP contribution in [0.2, 0.25) is 0 Å². The summed E-state index contributed by atoms with van der Waals surface area (Å²) in [6.07, 6.45) is 0. The number of rotatable bonds is 5. The lowest BCUT2D eigenvalue weighted by molar-refractivity contribution is -0.122. The van der Waals surface area contributed by atoms with Gasteiger partial charge in [-0.25, -0.2) is 4.68 Å². The topological polar surface area (TPSA) is 93.2 Å². The maximum Gasteiger partial charge on any atom is 0.273 e. The van der Waals surface area contributed by atoms with Gasteiger partial charge in [-0.05, 0) is 25.1 Å². The van der Waals surface area contributed by atoms with Crippen LogP contribution >= 0.6 is 0 Å². The van der Waals surface area contributed by atoms with Crippen LogP contribution < -0.4 is 21.2 Å². The lowest BCUT2D eigenvalue weighted by atomic mass is 10.1. The predicted molar refractivity (Wildman–Crippen MR) is 98.4 cm³/mol. The van der Waals surface area contributed by atoms with Gasteiger partial charge >= 0.3 is 0 Å². The highest BCUT2D eigenvalue weighted by Crippen LogP contribution is 2.24. The number of aromatic amines is 1. The highest BCUT2D eigenvalue weighted by atomic mass is 16.5. The van der Waals surface area contributed by atoms with Crippen molar-refractivity contribution < 1.29 is 9.53 Å². The smallest absolute Gasteiger partial charge is 0.273 e. The van der Waals surface area contributed by atoms with Crippen molar-refractivity contribution in [1.29, 1.82) is 0 Å². The Labute approximate surface area is 149 Å². The zero-order chi connectivity index (χ0) is 18.7. The molecule has 0 aliphatic carbocycles. The highest BCUT2D eigenvalue weighted by molar-refractivity contribution is 5.81. The van der Waals surface area contributed by atoms with Gasteiger partial charge in [0.1, 0.15) is 12.3 Å². The minimum atomic E-state index is -0.416. The summed E-state index contributed by atoms with van der Waals surface area (Å²) in [4.78, 5) is 36.9. The standard InChI is InChI=1S/C19H19N3O4/c1-12(13-7-5-6-10-16(13)26-2)20-17(23)11-22-19(25)15-9-4-3-8-14(15)18(24)21-22/h3-10,12H,11H2,1-2H3,(H,20,23)(H,21,24). The fourth-order valence-electron chi connectivity index (χ4n) is 2.89. The quantitative estimate of drug-likeness (QED) is 0.728. The summed E-state index contributed by atoms with van der Waals surface area (Å²) >= 11 is 0. The number of carbonyl (C=O) groups is 1. The van der Waals surface area contributed by atoms with E-state index >= 15 is 0 Å². The summed E-state index contributed by atoms with van der Waals surface area (Å²) in [5, 5.41) is 5.84. The first kappa shape index (κ1) is 17.5. The van der Waals surface area contributed by atoms with Crippen molar-refractivity contribution in [2.24, 2.45) is 0 Å². The average Bonchev–Trinajstić information content (AvgIpc) is 2.65. The molecule has 26 heavy (non-hydrogen) atoms. The first-order valence-electron chi connectivity index (χ1n) is 8.15. The molecule has 7 nitrogen and oxygen atoms in total. The Morgan fingerprint density at radius 1 is 1.12 bits per heavy atom. The number of carbonyl (C=O) groups excluding carboxylic acids is 1. The molecule has 1 heterocycles. The molecule has 1 aromatic heterocycles. The molecule has 0 saturated carbocycles. The number of ether oxygens (including phenoxy) is 1. The van der Waals surface area contributed by atoms with Gasteiger partial charge in [0, 0.05) is 5.56 Å². The van der Waals surface area contributed by atoms with Gasteiger partial charge in [-0.2, -0.15) is 0 Å². The van der Waals surface area contributed by atoms with Crippen LogP contribution in [0.5, 0.6) is 5.75 Å². The average molecular weight is 353 g/mol. The van der Waals surface area contributed by atoms with Gasteiger partial charge in [-0.1, -0.05) is 30.3 Å². The Morgan fingerprint density at radius 2 is 1.77 bits per heavy atom. The SMILES string of the molecule is COc1ccccc1C(C)NC(=O)Cn1[nH]c(=O)c2ccccc2c1=O. The first-order chi connectivity index (χ1) is 12.5. The highest BCUT2D eigenvalue weighted by Gasteiger charge is 2.15. The van der Waals surface area contributed by atoms with Crippen LogP contribution in [0, 0.1) is 0 Å². The van der Waals surface area contributed by atoms with Gasteiger partial charge in [0.25, 0.3) is 11.1 Å². The van der Waals surface area contributed by atoms with E-state index in [-0.39, 0.29) is 18.0 Å². The Balaban J connectivity index is 1.82. The molecule has 2 N–H and O–H groups in total. The Morgan fingerprint density at radius 3 is 2.50 bits per heavy atom. The van der Waals surface area contributed by atoms with Gasteiger partial charge in [0.2, 0.25) is 5.91 Å². The van der Waals surface area contributed by atoms with Crippen molar-refractivity contribution in [3.05, 3.63) is 74.8 Å². The summed E-state index contributed by atoms with van der Waals surface area (Å²) in [6.45, 7) is 1.54. The van der Waals surface area contributed by atoms with E-state index in [4.69, 9.17) is 4.74 Å². The molecule has 0 fully saturated rings. The van der Waals surface area contributed by atoms with E-state index in [9.17, 15) is 14.4 Å². The zero-order valence-corrected chi connectivity index (χ0v) is 14.5. The molecule has 0 bridgehead atoms. The van der Waals surface area contributed by atoms with Crippen molar-refractivity contribution in [2.75, 3.05) is 7.11 Å². The fraction of sp³-hybridized carbons (Fsp3) is 0.211. The van der Waals surface area contributed by atoms with Crippen molar-refractivity contribution in [3.63, 3.8) is 0 Å². The molecule has 0 aliphatic rings. The Bertz CT molecular complexity index is 1070. The van der Waals surface area contributed by atoms with Crippen LogP contribution in [0.3, 0.4) is 0 Å². The minimum absolute atomic E-state index is 0.279. The maximum absolute atomic E-state index is 12.5. The van der Waals surface area contributed by atoms with Crippen molar-refractivity contribution in [1.82, 2.24) is 15.1 Å². The van der Waals surface area contributed by atoms with Crippen LogP contribution in [0.4, 0.5) is 0 Å². The number of fused-ring (bicyclic) bond motifs is 1. The number of nitrogens with zero attached hydrogens (tertiary/aromatic N) is 1. The second-order valence-electron chi connectivity index (χ2n) is 5.91. The largest absolute Gasteiger partial charge is 0.496 e. The van der Waals surface area contributed by atoms with E-state index in [2.05, 4.69) is 10.4 Å². The number of amides is 1. The third-order valence-electron chi connectivity index (χ3n) is 4.17. The van der Waals surface area contributed by atoms with Crippen molar-refractivity contribution in [3.8, 4) is 5.75 Å². The van der Waals surface area contributed by atoms with Gasteiger partial charge in [0.15, 0.2) is 0 Å². The van der Waals surface area contributed by atoms with E-state index in [1.54, 1.807) is 31.4 Å². The van der Waals surface area contributed by atoms with E-state index in [0.717, 1.165) is 10.2 Å². The minimum Gasteiger partial charge on any atom is -0.496 e. The van der Waals surface area contributed by atoms with Gasteiger partial charge in [0.05, 0.1) is 23.9 Å². The third kappa shape index (κ3) is 3.37. The number of H-pyrrole nitrogens is 1. The lowest BCUT2D eigenvalue weighted by Gasteiger charge is -2.17. The van der Waals surface area contributed by atoms with Crippen LogP contribution in [-0.2, 0) is 11.3 Å². The van der Waals surface area contributed by atoms with Crippen LogP contribution in [0.15, 0.2) is 58.1 Å². The van der Waals surface area contributed by atoms with Crippen LogP contribution in [0.25, 0.3) is 10.8 Å². The molecule has 1 unspecified atom stereocenters. The summed E-state index contributed by atoms with van der Waals surface area (Å²) in [5.74, 6) is 0.271. The molecule has 0 aliphatic heterocycles. The number of nitrogens with one attached hydrogen (secondary N) is 2. The van der Waals surface area contributed by atoms with Crippen molar-refractivity contribution >= 4 is 16.7 Å². The number of benzene rings is 2. The monoisotopic (exact) mass is 353 g/mol. The zero-order valence-electron chi connectivity index (χ0n) is 14.5. The number of aromatic nitrogens is 2. The van der Waals surface area contributed by atoms with Gasteiger partial charge < -0.3 is 10.1 Å². The molecule has 1 amide bonds. The van der Waals surface area contributed by atoms with E-state index < -0.39 is 17.0 Å². The molecule has 3 aromatic rings. The van der Waals surface area contributed by atoms with Gasteiger partial charge in [-0.3, -0.25) is 19.5 Å². The molecule has 0 radical (unpaired) electrons.